The zero-order chi connectivity index (χ0) is 14.9. The van der Waals surface area contributed by atoms with Gasteiger partial charge in [-0.25, -0.2) is 4.79 Å². The Morgan fingerprint density at radius 2 is 1.90 bits per heavy atom. The number of urea groups is 1. The lowest BCUT2D eigenvalue weighted by Gasteiger charge is -2.37. The van der Waals surface area contributed by atoms with Gasteiger partial charge in [-0.1, -0.05) is 19.8 Å². The average molecular weight is 300 g/mol. The van der Waals surface area contributed by atoms with Gasteiger partial charge in [-0.3, -0.25) is 24.0 Å². The number of nitrogens with one attached hydrogen (secondary N) is 1. The van der Waals surface area contributed by atoms with Crippen LogP contribution in [0.2, 0.25) is 0 Å². The predicted octanol–water partition coefficient (Wildman–Crippen LogP) is 0.782. The van der Waals surface area contributed by atoms with Gasteiger partial charge >= 0.3 is 6.03 Å². The molecule has 1 heterocycles. The van der Waals surface area contributed by atoms with Crippen LogP contribution in [-0.4, -0.2) is 45.0 Å². The highest BCUT2D eigenvalue weighted by atomic mass is 32.2. The van der Waals surface area contributed by atoms with E-state index in [0.717, 1.165) is 17.7 Å². The third kappa shape index (κ3) is 2.51. The molecular formula is C13H20N2O4S. The zero-order valence-electron chi connectivity index (χ0n) is 11.8. The van der Waals surface area contributed by atoms with Crippen molar-refractivity contribution in [1.29, 1.82) is 0 Å². The van der Waals surface area contributed by atoms with E-state index in [0.29, 0.717) is 19.3 Å². The molecule has 20 heavy (non-hydrogen) atoms. The summed E-state index contributed by atoms with van der Waals surface area (Å²) in [5.74, 6) is -0.828. The summed E-state index contributed by atoms with van der Waals surface area (Å²) < 4.78 is 11.3. The van der Waals surface area contributed by atoms with Crippen LogP contribution in [0.3, 0.4) is 0 Å². The lowest BCUT2D eigenvalue weighted by Crippen LogP contribution is -2.63. The monoisotopic (exact) mass is 300 g/mol. The Morgan fingerprint density at radius 3 is 2.45 bits per heavy atom. The van der Waals surface area contributed by atoms with Gasteiger partial charge in [-0.2, -0.15) is 0 Å². The first-order valence-electron chi connectivity index (χ1n) is 6.88. The van der Waals surface area contributed by atoms with Crippen molar-refractivity contribution in [2.45, 2.75) is 44.3 Å². The van der Waals surface area contributed by atoms with Gasteiger partial charge in [0.2, 0.25) is 11.8 Å². The van der Waals surface area contributed by atoms with E-state index >= 15 is 0 Å². The van der Waals surface area contributed by atoms with Gasteiger partial charge in [-0.05, 0) is 19.3 Å². The maximum Gasteiger partial charge on any atom is 0.330 e. The summed E-state index contributed by atoms with van der Waals surface area (Å²) in [6.07, 6.45) is 4.76. The fourth-order valence-corrected chi connectivity index (χ4v) is 3.27. The molecular weight excluding hydrogens is 280 g/mol. The molecule has 2 fully saturated rings. The fraction of sp³-hybridized carbons (Fsp3) is 0.769. The van der Waals surface area contributed by atoms with E-state index in [-0.39, 0.29) is 17.7 Å². The summed E-state index contributed by atoms with van der Waals surface area (Å²) >= 11 is 0. The molecule has 1 aliphatic heterocycles. The molecule has 2 rings (SSSR count). The Labute approximate surface area is 120 Å². The summed E-state index contributed by atoms with van der Waals surface area (Å²) in [6.45, 7) is 2.03. The van der Waals surface area contributed by atoms with Crippen LogP contribution in [0.5, 0.6) is 0 Å². The topological polar surface area (TPSA) is 83.6 Å². The summed E-state index contributed by atoms with van der Waals surface area (Å²) in [7, 11) is -0.991. The lowest BCUT2D eigenvalue weighted by molar-refractivity contribution is -0.151. The van der Waals surface area contributed by atoms with Crippen LogP contribution in [0.4, 0.5) is 4.79 Å². The van der Waals surface area contributed by atoms with Crippen molar-refractivity contribution in [1.82, 2.24) is 10.2 Å². The largest absolute Gasteiger partial charge is 0.330 e. The highest BCUT2D eigenvalue weighted by Crippen LogP contribution is 2.41. The second-order valence-corrected chi connectivity index (χ2v) is 7.41. The summed E-state index contributed by atoms with van der Waals surface area (Å²) in [5.41, 5.74) is -1.04. The Bertz CT molecular complexity index is 471. The van der Waals surface area contributed by atoms with Gasteiger partial charge in [0.25, 0.3) is 0 Å². The molecule has 0 aromatic heterocycles. The molecule has 1 spiro atoms. The first-order valence-corrected chi connectivity index (χ1v) is 8.50. The molecule has 1 saturated carbocycles. The summed E-state index contributed by atoms with van der Waals surface area (Å²) in [5, 5.41) is 2.21. The van der Waals surface area contributed by atoms with E-state index in [2.05, 4.69) is 5.32 Å². The van der Waals surface area contributed by atoms with E-state index in [1.54, 1.807) is 6.26 Å². The highest BCUT2D eigenvalue weighted by molar-refractivity contribution is 7.84. The standard InChI is InChI=1S/C13H20N2O4S/c1-9(20(2)19)5-8-15-11(17)13(6-3-4-7-13)10(16)14-12(15)18/h9H,3-8H2,1-2H3,(H,14,16,18). The van der Waals surface area contributed by atoms with Crippen molar-refractivity contribution < 1.29 is 18.6 Å². The fourth-order valence-electron chi connectivity index (χ4n) is 2.83. The normalized spacial score (nSPS) is 24.9. The van der Waals surface area contributed by atoms with Gasteiger partial charge in [0.1, 0.15) is 5.41 Å². The van der Waals surface area contributed by atoms with Crippen LogP contribution >= 0.6 is 0 Å². The average Bonchev–Trinajstić information content (AvgIpc) is 2.87. The number of hydrogen-bond donors (Lipinski definition) is 1. The molecule has 112 valence electrons. The van der Waals surface area contributed by atoms with Crippen molar-refractivity contribution in [3.63, 3.8) is 0 Å². The van der Waals surface area contributed by atoms with Crippen molar-refractivity contribution in [3.05, 3.63) is 0 Å². The van der Waals surface area contributed by atoms with Gasteiger partial charge in [0.15, 0.2) is 0 Å². The maximum atomic E-state index is 12.5. The van der Waals surface area contributed by atoms with Crippen molar-refractivity contribution >= 4 is 28.6 Å². The molecule has 6 nitrogen and oxygen atoms in total. The van der Waals surface area contributed by atoms with Crippen molar-refractivity contribution in [3.8, 4) is 0 Å². The van der Waals surface area contributed by atoms with Crippen LogP contribution < -0.4 is 5.32 Å². The molecule has 2 aliphatic rings. The third-order valence-electron chi connectivity index (χ3n) is 4.34. The maximum absolute atomic E-state index is 12.5. The molecule has 1 saturated heterocycles. The second-order valence-electron chi connectivity index (χ2n) is 5.60. The SMILES string of the molecule is CC(CCN1C(=O)NC(=O)C2(CCCC2)C1=O)S(C)=O. The molecule has 1 N–H and O–H groups in total. The highest BCUT2D eigenvalue weighted by Gasteiger charge is 2.54. The van der Waals surface area contributed by atoms with Crippen LogP contribution in [0.1, 0.15) is 39.0 Å². The van der Waals surface area contributed by atoms with Gasteiger partial charge in [0.05, 0.1) is 0 Å². The molecule has 1 aliphatic carbocycles. The van der Waals surface area contributed by atoms with E-state index in [4.69, 9.17) is 0 Å². The number of carbonyl (C=O) groups is 3. The molecule has 4 amide bonds. The van der Waals surface area contributed by atoms with Gasteiger partial charge in [-0.15, -0.1) is 0 Å². The minimum absolute atomic E-state index is 0.0900. The van der Waals surface area contributed by atoms with Gasteiger partial charge in [0, 0.05) is 28.9 Å². The summed E-state index contributed by atoms with van der Waals surface area (Å²) in [4.78, 5) is 37.5. The molecule has 0 aromatic carbocycles. The number of nitrogens with zero attached hydrogens (tertiary/aromatic N) is 1. The summed E-state index contributed by atoms with van der Waals surface area (Å²) in [6, 6.07) is -0.647. The van der Waals surface area contributed by atoms with Crippen LogP contribution in [0.15, 0.2) is 0 Å². The molecule has 0 radical (unpaired) electrons. The number of amides is 4. The number of imide groups is 2. The van der Waals surface area contributed by atoms with Gasteiger partial charge < -0.3 is 0 Å². The molecule has 7 heteroatoms. The number of rotatable bonds is 4. The van der Waals surface area contributed by atoms with E-state index in [1.165, 1.54) is 0 Å². The Hall–Kier alpha value is -1.24. The Balaban J connectivity index is 2.12. The molecule has 2 atom stereocenters. The van der Waals surface area contributed by atoms with Crippen LogP contribution in [0.25, 0.3) is 0 Å². The van der Waals surface area contributed by atoms with Crippen molar-refractivity contribution in [2.24, 2.45) is 5.41 Å². The predicted molar refractivity (Wildman–Crippen MR) is 74.3 cm³/mol. The molecule has 0 bridgehead atoms. The molecule has 2 unspecified atom stereocenters. The first kappa shape index (κ1) is 15.2. The van der Waals surface area contributed by atoms with E-state index < -0.39 is 28.2 Å². The van der Waals surface area contributed by atoms with Crippen LogP contribution in [-0.2, 0) is 20.4 Å². The van der Waals surface area contributed by atoms with E-state index in [1.807, 2.05) is 6.92 Å². The number of barbiturate groups is 1. The quantitative estimate of drug-likeness (QED) is 0.778. The lowest BCUT2D eigenvalue weighted by atomic mass is 9.82. The number of carbonyl (C=O) groups excluding carboxylic acids is 3. The third-order valence-corrected chi connectivity index (χ3v) is 5.71. The van der Waals surface area contributed by atoms with Crippen LogP contribution in [0, 0.1) is 5.41 Å². The minimum atomic E-state index is -1.04. The zero-order valence-corrected chi connectivity index (χ0v) is 12.6. The van der Waals surface area contributed by atoms with E-state index in [9.17, 15) is 18.6 Å². The van der Waals surface area contributed by atoms with Crippen molar-refractivity contribution in [2.75, 3.05) is 12.8 Å². The molecule has 0 aromatic rings. The Kier molecular flexibility index (Phi) is 4.27. The minimum Gasteiger partial charge on any atom is -0.277 e. The Morgan fingerprint density at radius 1 is 1.30 bits per heavy atom. The first-order chi connectivity index (χ1) is 9.38. The number of hydrogen-bond acceptors (Lipinski definition) is 4. The smallest absolute Gasteiger partial charge is 0.277 e. The second kappa shape index (κ2) is 5.63.